The Morgan fingerprint density at radius 3 is 2.96 bits per heavy atom. The number of carbonyl (C=O) groups excluding carboxylic acids is 1. The Labute approximate surface area is 151 Å². The van der Waals surface area contributed by atoms with Crippen LogP contribution in [0.2, 0.25) is 0 Å². The number of nitrogens with one attached hydrogen (secondary N) is 1. The van der Waals surface area contributed by atoms with Crippen molar-refractivity contribution in [1.82, 2.24) is 20.1 Å². The Morgan fingerprint density at radius 2 is 2.17 bits per heavy atom. The van der Waals surface area contributed by atoms with Gasteiger partial charge in [-0.3, -0.25) is 14.9 Å². The summed E-state index contributed by atoms with van der Waals surface area (Å²) in [4.78, 5) is 22.7. The molecule has 1 aliphatic rings. The van der Waals surface area contributed by atoms with Gasteiger partial charge >= 0.3 is 0 Å². The molecule has 2 heterocycles. The molecule has 1 aliphatic heterocycles. The van der Waals surface area contributed by atoms with Gasteiger partial charge in [-0.1, -0.05) is 6.42 Å². The van der Waals surface area contributed by atoms with E-state index in [1.807, 2.05) is 22.6 Å². The van der Waals surface area contributed by atoms with Crippen LogP contribution in [0.1, 0.15) is 41.3 Å². The van der Waals surface area contributed by atoms with Gasteiger partial charge in [-0.15, -0.1) is 10.2 Å². The molecule has 24 heavy (non-hydrogen) atoms. The molecule has 0 spiro atoms. The number of nitro benzene ring substituents is 1. The van der Waals surface area contributed by atoms with Gasteiger partial charge in [0.1, 0.15) is 5.82 Å². The number of rotatable bonds is 4. The summed E-state index contributed by atoms with van der Waals surface area (Å²) < 4.78 is 2.72. The molecule has 0 aliphatic carbocycles. The van der Waals surface area contributed by atoms with E-state index in [1.165, 1.54) is 18.6 Å². The van der Waals surface area contributed by atoms with E-state index in [4.69, 9.17) is 0 Å². The van der Waals surface area contributed by atoms with Gasteiger partial charge in [0.2, 0.25) is 0 Å². The van der Waals surface area contributed by atoms with Crippen molar-refractivity contribution in [2.75, 3.05) is 0 Å². The highest BCUT2D eigenvalue weighted by Gasteiger charge is 2.18. The zero-order valence-electron chi connectivity index (χ0n) is 12.9. The molecule has 1 aromatic carbocycles. The molecule has 0 bridgehead atoms. The lowest BCUT2D eigenvalue weighted by Gasteiger charge is -2.09. The third-order valence-corrected chi connectivity index (χ3v) is 4.94. The molecule has 0 fully saturated rings. The fraction of sp³-hybridized carbons (Fsp3) is 0.400. The van der Waals surface area contributed by atoms with Gasteiger partial charge in [0.25, 0.3) is 11.6 Å². The molecule has 1 amide bonds. The van der Waals surface area contributed by atoms with Gasteiger partial charge in [0.15, 0.2) is 5.82 Å². The van der Waals surface area contributed by atoms with Crippen molar-refractivity contribution in [2.24, 2.45) is 0 Å². The highest BCUT2D eigenvalue weighted by atomic mass is 127. The van der Waals surface area contributed by atoms with E-state index in [2.05, 4.69) is 20.1 Å². The number of carbonyl (C=O) groups is 1. The zero-order chi connectivity index (χ0) is 17.1. The lowest BCUT2D eigenvalue weighted by molar-refractivity contribution is -0.384. The Balaban J connectivity index is 1.73. The third-order valence-electron chi connectivity index (χ3n) is 4.00. The monoisotopic (exact) mass is 441 g/mol. The van der Waals surface area contributed by atoms with Gasteiger partial charge < -0.3 is 9.88 Å². The van der Waals surface area contributed by atoms with Gasteiger partial charge in [-0.2, -0.15) is 0 Å². The molecular formula is C15H16IN5O3. The summed E-state index contributed by atoms with van der Waals surface area (Å²) in [5.41, 5.74) is 0.192. The highest BCUT2D eigenvalue weighted by molar-refractivity contribution is 14.1. The predicted octanol–water partition coefficient (Wildman–Crippen LogP) is 2.45. The smallest absolute Gasteiger partial charge is 0.270 e. The normalized spacial score (nSPS) is 13.9. The Morgan fingerprint density at radius 1 is 1.33 bits per heavy atom. The summed E-state index contributed by atoms with van der Waals surface area (Å²) in [6.45, 7) is 1.12. The summed E-state index contributed by atoms with van der Waals surface area (Å²) in [5, 5.41) is 22.0. The standard InChI is InChI=1S/C15H16IN5O3/c16-12-6-5-10(21(23)24)8-11(12)15(22)17-9-14-19-18-13-4-2-1-3-7-20(13)14/h5-6,8H,1-4,7,9H2,(H,17,22). The number of fused-ring (bicyclic) bond motifs is 1. The first kappa shape index (κ1) is 16.8. The van der Waals surface area contributed by atoms with E-state index in [0.717, 1.165) is 37.5 Å². The maximum absolute atomic E-state index is 12.4. The number of nitrogens with zero attached hydrogens (tertiary/aromatic N) is 4. The fourth-order valence-electron chi connectivity index (χ4n) is 2.73. The molecule has 0 atom stereocenters. The van der Waals surface area contributed by atoms with Crippen LogP contribution in [0.3, 0.4) is 0 Å². The van der Waals surface area contributed by atoms with Crippen LogP contribution in [-0.2, 0) is 19.5 Å². The summed E-state index contributed by atoms with van der Waals surface area (Å²) in [7, 11) is 0. The number of hydrogen-bond acceptors (Lipinski definition) is 5. The lowest BCUT2D eigenvalue weighted by Crippen LogP contribution is -2.25. The van der Waals surface area contributed by atoms with E-state index in [-0.39, 0.29) is 18.1 Å². The Hall–Kier alpha value is -2.04. The van der Waals surface area contributed by atoms with Crippen molar-refractivity contribution < 1.29 is 9.72 Å². The van der Waals surface area contributed by atoms with Crippen LogP contribution < -0.4 is 5.32 Å². The summed E-state index contributed by atoms with van der Waals surface area (Å²) in [6.07, 6.45) is 4.26. The fourth-order valence-corrected chi connectivity index (χ4v) is 3.31. The maximum Gasteiger partial charge on any atom is 0.270 e. The van der Waals surface area contributed by atoms with Crippen molar-refractivity contribution >= 4 is 34.2 Å². The van der Waals surface area contributed by atoms with Crippen LogP contribution in [0.25, 0.3) is 0 Å². The van der Waals surface area contributed by atoms with E-state index in [9.17, 15) is 14.9 Å². The highest BCUT2D eigenvalue weighted by Crippen LogP contribution is 2.20. The Bertz CT molecular complexity index is 789. The predicted molar refractivity (Wildman–Crippen MR) is 94.6 cm³/mol. The largest absolute Gasteiger partial charge is 0.345 e. The first-order valence-corrected chi connectivity index (χ1v) is 8.77. The Kier molecular flexibility index (Phi) is 5.07. The number of aromatic nitrogens is 3. The second-order valence-electron chi connectivity index (χ2n) is 5.60. The SMILES string of the molecule is O=C(NCc1nnc2n1CCCCC2)c1cc([N+](=O)[O-])ccc1I. The topological polar surface area (TPSA) is 103 Å². The first-order chi connectivity index (χ1) is 11.6. The molecule has 0 saturated carbocycles. The van der Waals surface area contributed by atoms with Crippen LogP contribution in [0, 0.1) is 13.7 Å². The minimum absolute atomic E-state index is 0.100. The van der Waals surface area contributed by atoms with Crippen molar-refractivity contribution in [3.63, 3.8) is 0 Å². The van der Waals surface area contributed by atoms with Crippen LogP contribution in [0.4, 0.5) is 5.69 Å². The van der Waals surface area contributed by atoms with Crippen molar-refractivity contribution in [3.8, 4) is 0 Å². The molecule has 0 saturated heterocycles. The van der Waals surface area contributed by atoms with Gasteiger partial charge in [-0.25, -0.2) is 0 Å². The number of amides is 1. The summed E-state index contributed by atoms with van der Waals surface area (Å²) in [5.74, 6) is 1.33. The van der Waals surface area contributed by atoms with Crippen molar-refractivity contribution in [2.45, 2.75) is 38.8 Å². The molecule has 0 unspecified atom stereocenters. The molecule has 2 aromatic rings. The second kappa shape index (κ2) is 7.24. The summed E-state index contributed by atoms with van der Waals surface area (Å²) >= 11 is 1.99. The molecule has 9 heteroatoms. The van der Waals surface area contributed by atoms with Gasteiger partial charge in [0, 0.05) is 28.7 Å². The minimum atomic E-state index is -0.509. The van der Waals surface area contributed by atoms with Crippen molar-refractivity contribution in [3.05, 3.63) is 49.1 Å². The van der Waals surface area contributed by atoms with E-state index in [0.29, 0.717) is 9.13 Å². The van der Waals surface area contributed by atoms with E-state index < -0.39 is 4.92 Å². The van der Waals surface area contributed by atoms with Crippen LogP contribution in [0.15, 0.2) is 18.2 Å². The van der Waals surface area contributed by atoms with Crippen LogP contribution in [-0.4, -0.2) is 25.6 Å². The number of halogens is 1. The number of benzene rings is 1. The number of nitro groups is 1. The van der Waals surface area contributed by atoms with Crippen LogP contribution in [0.5, 0.6) is 0 Å². The molecule has 126 valence electrons. The molecular weight excluding hydrogens is 425 g/mol. The molecule has 1 N–H and O–H groups in total. The maximum atomic E-state index is 12.4. The van der Waals surface area contributed by atoms with Gasteiger partial charge in [0.05, 0.1) is 17.0 Å². The lowest BCUT2D eigenvalue weighted by atomic mass is 10.2. The second-order valence-corrected chi connectivity index (χ2v) is 6.76. The average molecular weight is 441 g/mol. The molecule has 0 radical (unpaired) electrons. The zero-order valence-corrected chi connectivity index (χ0v) is 15.0. The van der Waals surface area contributed by atoms with E-state index in [1.54, 1.807) is 6.07 Å². The number of non-ortho nitro benzene ring substituents is 1. The quantitative estimate of drug-likeness (QED) is 0.446. The summed E-state index contributed by atoms with van der Waals surface area (Å²) in [6, 6.07) is 4.25. The minimum Gasteiger partial charge on any atom is -0.345 e. The van der Waals surface area contributed by atoms with Crippen LogP contribution >= 0.6 is 22.6 Å². The van der Waals surface area contributed by atoms with E-state index >= 15 is 0 Å². The molecule has 1 aromatic heterocycles. The van der Waals surface area contributed by atoms with Gasteiger partial charge in [-0.05, 0) is 41.5 Å². The number of hydrogen-bond donors (Lipinski definition) is 1. The number of aryl methyl sites for hydroxylation is 1. The molecule has 3 rings (SSSR count). The average Bonchev–Trinajstić information content (AvgIpc) is 2.79. The first-order valence-electron chi connectivity index (χ1n) is 7.69. The van der Waals surface area contributed by atoms with Crippen molar-refractivity contribution in [1.29, 1.82) is 0 Å². The molecule has 8 nitrogen and oxygen atoms in total. The third kappa shape index (κ3) is 3.55.